The number of aliphatic imine (C=N–C) groups is 1. The van der Waals surface area contributed by atoms with E-state index in [1.54, 1.807) is 26.1 Å². The van der Waals surface area contributed by atoms with Crippen molar-refractivity contribution in [2.24, 2.45) is 4.99 Å². The van der Waals surface area contributed by atoms with E-state index in [0.29, 0.717) is 12.0 Å². The van der Waals surface area contributed by atoms with Gasteiger partial charge in [0.05, 0.1) is 6.04 Å². The van der Waals surface area contributed by atoms with Crippen LogP contribution in [0.1, 0.15) is 44.4 Å². The maximum atomic E-state index is 12.3. The third-order valence-electron chi connectivity index (χ3n) is 4.15. The van der Waals surface area contributed by atoms with Crippen molar-refractivity contribution in [3.8, 4) is 5.88 Å². The van der Waals surface area contributed by atoms with Crippen LogP contribution in [0.15, 0.2) is 29.0 Å². The molecule has 2 unspecified atom stereocenters. The Morgan fingerprint density at radius 2 is 2.11 bits per heavy atom. The highest BCUT2D eigenvalue weighted by atomic mass is 19.4. The number of ether oxygens (including phenoxy) is 1. The van der Waals surface area contributed by atoms with Crippen LogP contribution >= 0.6 is 0 Å². The highest BCUT2D eigenvalue weighted by Crippen LogP contribution is 2.30. The summed E-state index contributed by atoms with van der Waals surface area (Å²) in [5.41, 5.74) is 2.17. The lowest BCUT2D eigenvalue weighted by Crippen LogP contribution is -2.48. The average molecular weight is 384 g/mol. The number of alkyl halides is 3. The van der Waals surface area contributed by atoms with Crippen molar-refractivity contribution in [3.05, 3.63) is 35.2 Å². The average Bonchev–Trinajstić information content (AvgIpc) is 2.59. The van der Waals surface area contributed by atoms with Gasteiger partial charge in [0.25, 0.3) is 0 Å². The molecule has 0 bridgehead atoms. The Morgan fingerprint density at radius 1 is 1.41 bits per heavy atom. The SMILES string of the molecule is CCC(=O)NC1N=CC=C(C)N1C(C)c1cnc(OCC(F)(F)F)c(C)c1. The van der Waals surface area contributed by atoms with Crippen molar-refractivity contribution >= 4 is 12.1 Å². The molecule has 2 atom stereocenters. The van der Waals surface area contributed by atoms with Gasteiger partial charge in [-0.2, -0.15) is 13.2 Å². The number of carbonyl (C=O) groups excluding carboxylic acids is 1. The third kappa shape index (κ3) is 5.45. The predicted octanol–water partition coefficient (Wildman–Crippen LogP) is 3.49. The first-order valence-corrected chi connectivity index (χ1v) is 8.56. The van der Waals surface area contributed by atoms with Crippen molar-refractivity contribution in [1.82, 2.24) is 15.2 Å². The van der Waals surface area contributed by atoms with Crippen molar-refractivity contribution in [1.29, 1.82) is 0 Å². The first kappa shape index (κ1) is 20.7. The van der Waals surface area contributed by atoms with Gasteiger partial charge in [0, 0.05) is 30.1 Å². The van der Waals surface area contributed by atoms with E-state index >= 15 is 0 Å². The summed E-state index contributed by atoms with van der Waals surface area (Å²) >= 11 is 0. The minimum atomic E-state index is -4.42. The van der Waals surface area contributed by atoms with E-state index in [2.05, 4.69) is 15.3 Å². The number of aromatic nitrogens is 1. The van der Waals surface area contributed by atoms with Gasteiger partial charge in [0.15, 0.2) is 12.9 Å². The number of carbonyl (C=O) groups is 1. The van der Waals surface area contributed by atoms with Crippen LogP contribution < -0.4 is 10.1 Å². The molecule has 0 aromatic carbocycles. The van der Waals surface area contributed by atoms with Gasteiger partial charge in [0.2, 0.25) is 11.8 Å². The van der Waals surface area contributed by atoms with Crippen LogP contribution in [0.4, 0.5) is 13.2 Å². The number of nitrogens with zero attached hydrogens (tertiary/aromatic N) is 3. The molecule has 148 valence electrons. The smallest absolute Gasteiger partial charge is 0.422 e. The van der Waals surface area contributed by atoms with Crippen LogP contribution in [0, 0.1) is 6.92 Å². The van der Waals surface area contributed by atoms with E-state index < -0.39 is 19.1 Å². The van der Waals surface area contributed by atoms with Crippen molar-refractivity contribution in [2.45, 2.75) is 52.6 Å². The molecule has 1 aromatic rings. The van der Waals surface area contributed by atoms with Gasteiger partial charge in [-0.1, -0.05) is 6.92 Å². The molecule has 9 heteroatoms. The van der Waals surface area contributed by atoms with Crippen molar-refractivity contribution < 1.29 is 22.7 Å². The first-order chi connectivity index (χ1) is 12.6. The van der Waals surface area contributed by atoms with E-state index in [1.165, 1.54) is 6.20 Å². The van der Waals surface area contributed by atoms with E-state index in [9.17, 15) is 18.0 Å². The van der Waals surface area contributed by atoms with Crippen molar-refractivity contribution in [3.63, 3.8) is 0 Å². The van der Waals surface area contributed by atoms with Gasteiger partial charge in [-0.25, -0.2) is 9.98 Å². The molecule has 0 spiro atoms. The summed E-state index contributed by atoms with van der Waals surface area (Å²) in [6, 6.07) is 1.51. The molecule has 1 aliphatic heterocycles. The summed E-state index contributed by atoms with van der Waals surface area (Å²) in [6.07, 6.45) is 0.303. The van der Waals surface area contributed by atoms with Crippen molar-refractivity contribution in [2.75, 3.05) is 6.61 Å². The Labute approximate surface area is 156 Å². The quantitative estimate of drug-likeness (QED) is 0.815. The Hall–Kier alpha value is -2.58. The minimum absolute atomic E-state index is 0.0527. The summed E-state index contributed by atoms with van der Waals surface area (Å²) in [6.45, 7) is 5.82. The van der Waals surface area contributed by atoms with E-state index in [0.717, 1.165) is 11.3 Å². The summed E-state index contributed by atoms with van der Waals surface area (Å²) < 4.78 is 41.7. The molecule has 0 aliphatic carbocycles. The standard InChI is InChI=1S/C18H23F3N4O2/c1-5-15(26)24-17-22-7-6-12(3)25(17)13(4)14-8-11(2)16(23-9-14)27-10-18(19,20)21/h6-9,13,17H,5,10H2,1-4H3,(H,24,26). The van der Waals surface area contributed by atoms with Crippen LogP contribution in [0.3, 0.4) is 0 Å². The Bertz CT molecular complexity index is 747. The lowest BCUT2D eigenvalue weighted by molar-refractivity contribution is -0.154. The zero-order valence-electron chi connectivity index (χ0n) is 15.7. The van der Waals surface area contributed by atoms with Gasteiger partial charge in [0.1, 0.15) is 0 Å². The van der Waals surface area contributed by atoms with Gasteiger partial charge in [-0.3, -0.25) is 4.79 Å². The zero-order valence-corrected chi connectivity index (χ0v) is 15.7. The third-order valence-corrected chi connectivity index (χ3v) is 4.15. The van der Waals surface area contributed by atoms with E-state index in [1.807, 2.05) is 24.8 Å². The highest BCUT2D eigenvalue weighted by molar-refractivity contribution is 5.77. The Morgan fingerprint density at radius 3 is 2.70 bits per heavy atom. The fraction of sp³-hybridized carbons (Fsp3) is 0.500. The second-order valence-electron chi connectivity index (χ2n) is 6.28. The lowest BCUT2D eigenvalue weighted by atomic mass is 10.1. The fourth-order valence-corrected chi connectivity index (χ4v) is 2.73. The lowest BCUT2D eigenvalue weighted by Gasteiger charge is -2.38. The molecule has 2 heterocycles. The molecule has 27 heavy (non-hydrogen) atoms. The van der Waals surface area contributed by atoms with E-state index in [4.69, 9.17) is 4.74 Å². The summed E-state index contributed by atoms with van der Waals surface area (Å²) in [4.78, 5) is 22.1. The van der Waals surface area contributed by atoms with Gasteiger partial charge in [-0.15, -0.1) is 0 Å². The van der Waals surface area contributed by atoms with Crippen LogP contribution in [-0.4, -0.2) is 41.1 Å². The molecule has 1 aliphatic rings. The molecule has 1 amide bonds. The highest BCUT2D eigenvalue weighted by Gasteiger charge is 2.30. The number of rotatable bonds is 6. The summed E-state index contributed by atoms with van der Waals surface area (Å²) in [7, 11) is 0. The van der Waals surface area contributed by atoms with E-state index in [-0.39, 0.29) is 17.8 Å². The molecule has 1 N–H and O–H groups in total. The minimum Gasteiger partial charge on any atom is -0.468 e. The molecule has 1 aromatic heterocycles. The second kappa shape index (κ2) is 8.41. The van der Waals surface area contributed by atoms with Gasteiger partial charge < -0.3 is 15.0 Å². The molecule has 6 nitrogen and oxygen atoms in total. The maximum absolute atomic E-state index is 12.3. The number of hydrogen-bond donors (Lipinski definition) is 1. The Kier molecular flexibility index (Phi) is 6.45. The predicted molar refractivity (Wildman–Crippen MR) is 95.2 cm³/mol. The van der Waals surface area contributed by atoms with Gasteiger partial charge >= 0.3 is 6.18 Å². The number of pyridine rings is 1. The summed E-state index contributed by atoms with van der Waals surface area (Å²) in [5.74, 6) is -0.183. The zero-order chi connectivity index (χ0) is 20.2. The molecule has 2 rings (SSSR count). The number of amides is 1. The maximum Gasteiger partial charge on any atom is 0.422 e. The topological polar surface area (TPSA) is 66.8 Å². The number of allylic oxidation sites excluding steroid dienone is 2. The van der Waals surface area contributed by atoms with Crippen LogP contribution in [-0.2, 0) is 4.79 Å². The number of hydrogen-bond acceptors (Lipinski definition) is 5. The number of aryl methyl sites for hydroxylation is 1. The fourth-order valence-electron chi connectivity index (χ4n) is 2.73. The van der Waals surface area contributed by atoms with Crippen LogP contribution in [0.2, 0.25) is 0 Å². The Balaban J connectivity index is 2.20. The molecule has 0 fully saturated rings. The molecule has 0 saturated carbocycles. The number of nitrogens with one attached hydrogen (secondary N) is 1. The molecular formula is C18H23F3N4O2. The van der Waals surface area contributed by atoms with Crippen LogP contribution in [0.5, 0.6) is 5.88 Å². The first-order valence-electron chi connectivity index (χ1n) is 8.56. The summed E-state index contributed by atoms with van der Waals surface area (Å²) in [5, 5.41) is 2.84. The second-order valence-corrected chi connectivity index (χ2v) is 6.28. The van der Waals surface area contributed by atoms with Crippen LogP contribution in [0.25, 0.3) is 0 Å². The normalized spacial score (nSPS) is 18.1. The van der Waals surface area contributed by atoms with Gasteiger partial charge in [-0.05, 0) is 38.5 Å². The number of halogens is 3. The molecule has 0 saturated heterocycles. The molecular weight excluding hydrogens is 361 g/mol. The molecule has 0 radical (unpaired) electrons. The monoisotopic (exact) mass is 384 g/mol. The largest absolute Gasteiger partial charge is 0.468 e.